The van der Waals surface area contributed by atoms with Crippen molar-refractivity contribution in [1.82, 2.24) is 0 Å². The fourth-order valence-corrected chi connectivity index (χ4v) is 2.33. The van der Waals surface area contributed by atoms with Gasteiger partial charge in [-0.25, -0.2) is 0 Å². The van der Waals surface area contributed by atoms with Crippen LogP contribution >= 0.6 is 11.6 Å². The van der Waals surface area contributed by atoms with Crippen molar-refractivity contribution in [2.45, 2.75) is 12.8 Å². The topological polar surface area (TPSA) is 79.9 Å². The number of rotatable bonds is 6. The van der Waals surface area contributed by atoms with Gasteiger partial charge >= 0.3 is 0 Å². The summed E-state index contributed by atoms with van der Waals surface area (Å²) in [5.41, 5.74) is 7.78. The fourth-order valence-electron chi connectivity index (χ4n) is 2.08. The average Bonchev–Trinajstić information content (AvgIpc) is 2.53. The maximum atomic E-state index is 9.23. The zero-order valence-electron chi connectivity index (χ0n) is 12.9. The van der Waals surface area contributed by atoms with Crippen LogP contribution in [0.1, 0.15) is 12.0 Å². The van der Waals surface area contributed by atoms with Crippen LogP contribution in [0.2, 0.25) is 5.02 Å². The summed E-state index contributed by atoms with van der Waals surface area (Å²) in [4.78, 5) is 4.28. The summed E-state index contributed by atoms with van der Waals surface area (Å²) in [6.07, 6.45) is 1.75. The molecule has 6 heteroatoms. The third-order valence-corrected chi connectivity index (χ3v) is 3.56. The van der Waals surface area contributed by atoms with Crippen LogP contribution in [0.4, 0.5) is 5.69 Å². The first-order chi connectivity index (χ1) is 11.1. The molecule has 0 aromatic heterocycles. The van der Waals surface area contributed by atoms with E-state index in [0.29, 0.717) is 23.3 Å². The molecule has 0 saturated heterocycles. The van der Waals surface area contributed by atoms with Gasteiger partial charge in [-0.2, -0.15) is 0 Å². The minimum absolute atomic E-state index is 0.276. The highest BCUT2D eigenvalue weighted by atomic mass is 35.5. The predicted octanol–water partition coefficient (Wildman–Crippen LogP) is 3.41. The molecule has 5 nitrogen and oxygen atoms in total. The maximum absolute atomic E-state index is 9.23. The number of halogens is 1. The number of benzene rings is 2. The second-order valence-electron chi connectivity index (χ2n) is 5.01. The van der Waals surface area contributed by atoms with Gasteiger partial charge in [0.15, 0.2) is 5.96 Å². The summed E-state index contributed by atoms with van der Waals surface area (Å²) in [5.74, 6) is 1.23. The summed E-state index contributed by atoms with van der Waals surface area (Å²) in [5, 5.41) is 12.7. The fraction of sp³-hybridized carbons (Fsp3) is 0.235. The quantitative estimate of drug-likeness (QED) is 0.430. The lowest BCUT2D eigenvalue weighted by Gasteiger charge is -2.08. The van der Waals surface area contributed by atoms with E-state index in [-0.39, 0.29) is 5.75 Å². The largest absolute Gasteiger partial charge is 0.508 e. The first-order valence-corrected chi connectivity index (χ1v) is 7.64. The van der Waals surface area contributed by atoms with Crippen LogP contribution in [0, 0.1) is 0 Å². The van der Waals surface area contributed by atoms with E-state index in [0.717, 1.165) is 24.1 Å². The lowest BCUT2D eigenvalue weighted by atomic mass is 10.1. The Balaban J connectivity index is 1.81. The van der Waals surface area contributed by atoms with Crippen molar-refractivity contribution >= 4 is 23.2 Å². The normalized spacial score (nSPS) is 11.3. The molecule has 4 N–H and O–H groups in total. The number of hydrogen-bond acceptors (Lipinski definition) is 3. The SMILES string of the molecule is COc1ccc(NC(N)=NCCCc2ccc(O)cc2)cc1Cl. The number of aromatic hydroxyl groups is 1. The molecule has 0 aliphatic rings. The molecule has 2 aromatic rings. The number of aliphatic imine (C=N–C) groups is 1. The van der Waals surface area contributed by atoms with Gasteiger partial charge in [-0.3, -0.25) is 4.99 Å². The van der Waals surface area contributed by atoms with Gasteiger partial charge < -0.3 is 20.9 Å². The smallest absolute Gasteiger partial charge is 0.193 e. The van der Waals surface area contributed by atoms with Gasteiger partial charge in [-0.15, -0.1) is 0 Å². The minimum atomic E-state index is 0.276. The molecular weight excluding hydrogens is 314 g/mol. The van der Waals surface area contributed by atoms with Crippen LogP contribution in [0.15, 0.2) is 47.5 Å². The van der Waals surface area contributed by atoms with E-state index in [4.69, 9.17) is 22.1 Å². The lowest BCUT2D eigenvalue weighted by Crippen LogP contribution is -2.22. The molecule has 2 rings (SSSR count). The van der Waals surface area contributed by atoms with Crippen LogP contribution in [0.3, 0.4) is 0 Å². The van der Waals surface area contributed by atoms with E-state index in [1.165, 1.54) is 0 Å². The van der Waals surface area contributed by atoms with E-state index >= 15 is 0 Å². The number of nitrogens with one attached hydrogen (secondary N) is 1. The number of methoxy groups -OCH3 is 1. The Kier molecular flexibility index (Phi) is 6.11. The number of aryl methyl sites for hydroxylation is 1. The molecule has 0 aliphatic carbocycles. The minimum Gasteiger partial charge on any atom is -0.508 e. The zero-order valence-corrected chi connectivity index (χ0v) is 13.7. The number of ether oxygens (including phenoxy) is 1. The highest BCUT2D eigenvalue weighted by Crippen LogP contribution is 2.27. The van der Waals surface area contributed by atoms with Crippen molar-refractivity contribution in [2.75, 3.05) is 19.0 Å². The third-order valence-electron chi connectivity index (χ3n) is 3.27. The lowest BCUT2D eigenvalue weighted by molar-refractivity contribution is 0.415. The van der Waals surface area contributed by atoms with E-state index in [2.05, 4.69) is 10.3 Å². The van der Waals surface area contributed by atoms with E-state index in [1.807, 2.05) is 18.2 Å². The van der Waals surface area contributed by atoms with Crippen LogP contribution in [0.25, 0.3) is 0 Å². The Morgan fingerprint density at radius 1 is 1.26 bits per heavy atom. The highest BCUT2D eigenvalue weighted by Gasteiger charge is 2.02. The molecule has 0 atom stereocenters. The van der Waals surface area contributed by atoms with Gasteiger partial charge in [0, 0.05) is 12.2 Å². The Morgan fingerprint density at radius 3 is 2.65 bits per heavy atom. The van der Waals surface area contributed by atoms with Crippen LogP contribution in [0.5, 0.6) is 11.5 Å². The zero-order chi connectivity index (χ0) is 16.7. The maximum Gasteiger partial charge on any atom is 0.193 e. The van der Waals surface area contributed by atoms with Crippen molar-refractivity contribution in [1.29, 1.82) is 0 Å². The van der Waals surface area contributed by atoms with Crippen molar-refractivity contribution in [2.24, 2.45) is 10.7 Å². The molecule has 0 aliphatic heterocycles. The summed E-state index contributed by atoms with van der Waals surface area (Å²) in [6.45, 7) is 0.615. The highest BCUT2D eigenvalue weighted by molar-refractivity contribution is 6.32. The molecule has 0 heterocycles. The second kappa shape index (κ2) is 8.29. The average molecular weight is 334 g/mol. The Hall–Kier alpha value is -2.40. The van der Waals surface area contributed by atoms with Crippen molar-refractivity contribution < 1.29 is 9.84 Å². The summed E-state index contributed by atoms with van der Waals surface area (Å²) < 4.78 is 5.10. The molecule has 23 heavy (non-hydrogen) atoms. The van der Waals surface area contributed by atoms with Crippen molar-refractivity contribution in [3.05, 3.63) is 53.1 Å². The van der Waals surface area contributed by atoms with Crippen molar-refractivity contribution in [3.63, 3.8) is 0 Å². The summed E-state index contributed by atoms with van der Waals surface area (Å²) in [6, 6.07) is 12.5. The molecule has 122 valence electrons. The van der Waals surface area contributed by atoms with Gasteiger partial charge in [0.2, 0.25) is 0 Å². The molecular formula is C17H20ClN3O2. The van der Waals surface area contributed by atoms with Crippen molar-refractivity contribution in [3.8, 4) is 11.5 Å². The number of nitrogens with zero attached hydrogens (tertiary/aromatic N) is 1. The number of phenolic OH excluding ortho intramolecular Hbond substituents is 1. The van der Waals surface area contributed by atoms with Crippen LogP contribution in [-0.4, -0.2) is 24.7 Å². The molecule has 0 unspecified atom stereocenters. The Bertz CT molecular complexity index is 672. The summed E-state index contributed by atoms with van der Waals surface area (Å²) in [7, 11) is 1.57. The number of anilines is 1. The van der Waals surface area contributed by atoms with Gasteiger partial charge in [0.05, 0.1) is 12.1 Å². The van der Waals surface area contributed by atoms with Gasteiger partial charge in [0.25, 0.3) is 0 Å². The number of hydrogen-bond donors (Lipinski definition) is 3. The third kappa shape index (κ3) is 5.38. The molecule has 0 amide bonds. The van der Waals surface area contributed by atoms with E-state index in [1.54, 1.807) is 31.4 Å². The van der Waals surface area contributed by atoms with E-state index in [9.17, 15) is 5.11 Å². The van der Waals surface area contributed by atoms with E-state index < -0.39 is 0 Å². The standard InChI is InChI=1S/C17H20ClN3O2/c1-23-16-9-6-13(11-15(16)18)21-17(19)20-10-2-3-12-4-7-14(22)8-5-12/h4-9,11,22H,2-3,10H2,1H3,(H3,19,20,21). The number of guanidine groups is 1. The monoisotopic (exact) mass is 333 g/mol. The van der Waals surface area contributed by atoms with Gasteiger partial charge in [-0.1, -0.05) is 23.7 Å². The Morgan fingerprint density at radius 2 is 2.00 bits per heavy atom. The van der Waals surface area contributed by atoms with Crippen LogP contribution < -0.4 is 15.8 Å². The molecule has 0 saturated carbocycles. The molecule has 0 spiro atoms. The first kappa shape index (κ1) is 17.0. The Labute approximate surface area is 140 Å². The van der Waals surface area contributed by atoms with Gasteiger partial charge in [0.1, 0.15) is 11.5 Å². The van der Waals surface area contributed by atoms with Crippen LogP contribution in [-0.2, 0) is 6.42 Å². The first-order valence-electron chi connectivity index (χ1n) is 7.27. The second-order valence-corrected chi connectivity index (χ2v) is 5.42. The molecule has 0 fully saturated rings. The predicted molar refractivity (Wildman–Crippen MR) is 94.5 cm³/mol. The number of phenols is 1. The molecule has 0 bridgehead atoms. The van der Waals surface area contributed by atoms with Gasteiger partial charge in [-0.05, 0) is 48.7 Å². The molecule has 0 radical (unpaired) electrons. The molecule has 2 aromatic carbocycles. The summed E-state index contributed by atoms with van der Waals surface area (Å²) >= 11 is 6.06. The number of nitrogens with two attached hydrogens (primary N) is 1.